The van der Waals surface area contributed by atoms with E-state index in [1.54, 1.807) is 0 Å². The number of hydrogen-bond donors (Lipinski definition) is 2. The maximum absolute atomic E-state index is 13.2. The minimum absolute atomic E-state index is 0.0345. The molecular weight excluding hydrogens is 371 g/mol. The molecular formula is C18H15F5N2O2. The van der Waals surface area contributed by atoms with Crippen LogP contribution in [0.25, 0.3) is 0 Å². The predicted molar refractivity (Wildman–Crippen MR) is 86.3 cm³/mol. The van der Waals surface area contributed by atoms with Crippen LogP contribution in [0.3, 0.4) is 0 Å². The maximum Gasteiger partial charge on any atom is 0.416 e. The fraction of sp³-hybridized carbons (Fsp3) is 0.222. The number of carbonyl (C=O) groups excluding carboxylic acids is 2. The molecule has 0 heterocycles. The highest BCUT2D eigenvalue weighted by atomic mass is 19.4. The summed E-state index contributed by atoms with van der Waals surface area (Å²) in [5.41, 5.74) is 4.48. The van der Waals surface area contributed by atoms with Crippen molar-refractivity contribution in [2.45, 2.75) is 25.1 Å². The molecule has 144 valence electrons. The third kappa shape index (κ3) is 6.05. The number of nitrogens with two attached hydrogens (primary N) is 1. The highest BCUT2D eigenvalue weighted by Crippen LogP contribution is 2.29. The summed E-state index contributed by atoms with van der Waals surface area (Å²) in [6.07, 6.45) is -5.24. The SMILES string of the molecule is NC(=O)[C@@H](Cc1cccc(C(F)(F)F)c1)NC(=O)Cc1cc(F)cc(F)c1. The summed E-state index contributed by atoms with van der Waals surface area (Å²) in [7, 11) is 0. The van der Waals surface area contributed by atoms with Gasteiger partial charge in [0.05, 0.1) is 12.0 Å². The van der Waals surface area contributed by atoms with Gasteiger partial charge >= 0.3 is 6.18 Å². The molecule has 27 heavy (non-hydrogen) atoms. The van der Waals surface area contributed by atoms with E-state index in [0.29, 0.717) is 6.07 Å². The van der Waals surface area contributed by atoms with E-state index in [0.717, 1.165) is 24.3 Å². The average molecular weight is 386 g/mol. The monoisotopic (exact) mass is 386 g/mol. The number of primary amides is 1. The zero-order valence-corrected chi connectivity index (χ0v) is 13.8. The number of alkyl halides is 3. The van der Waals surface area contributed by atoms with Crippen LogP contribution in [0, 0.1) is 11.6 Å². The van der Waals surface area contributed by atoms with Gasteiger partial charge in [-0.3, -0.25) is 9.59 Å². The molecule has 2 amide bonds. The van der Waals surface area contributed by atoms with Gasteiger partial charge in [-0.1, -0.05) is 18.2 Å². The Kier molecular flexibility index (Phi) is 6.14. The molecule has 0 aromatic heterocycles. The standard InChI is InChI=1S/C18H15F5N2O2/c19-13-5-11(6-14(20)9-13)8-16(26)25-15(17(24)27)7-10-2-1-3-12(4-10)18(21,22)23/h1-6,9,15H,7-8H2,(H2,24,27)(H,25,26)/t15-/m1/s1. The lowest BCUT2D eigenvalue weighted by Gasteiger charge is -2.16. The van der Waals surface area contributed by atoms with Crippen LogP contribution in [0.5, 0.6) is 0 Å². The molecule has 0 aliphatic rings. The molecule has 0 saturated heterocycles. The molecule has 0 aliphatic carbocycles. The second-order valence-corrected chi connectivity index (χ2v) is 5.88. The zero-order chi connectivity index (χ0) is 20.2. The summed E-state index contributed by atoms with van der Waals surface area (Å²) in [4.78, 5) is 23.6. The van der Waals surface area contributed by atoms with Gasteiger partial charge in [0.15, 0.2) is 0 Å². The number of carbonyl (C=O) groups is 2. The molecule has 0 radical (unpaired) electrons. The van der Waals surface area contributed by atoms with Gasteiger partial charge in [0.25, 0.3) is 0 Å². The maximum atomic E-state index is 13.2. The molecule has 2 aromatic rings. The van der Waals surface area contributed by atoms with Crippen molar-refractivity contribution in [3.05, 3.63) is 70.8 Å². The first kappa shape index (κ1) is 20.3. The Labute approximate surface area is 151 Å². The lowest BCUT2D eigenvalue weighted by Crippen LogP contribution is -2.46. The second kappa shape index (κ2) is 8.15. The summed E-state index contributed by atoms with van der Waals surface area (Å²) in [5.74, 6) is -3.44. The molecule has 3 N–H and O–H groups in total. The summed E-state index contributed by atoms with van der Waals surface area (Å²) >= 11 is 0. The van der Waals surface area contributed by atoms with Crippen LogP contribution in [0.15, 0.2) is 42.5 Å². The number of hydrogen-bond acceptors (Lipinski definition) is 2. The van der Waals surface area contributed by atoms with Crippen LogP contribution in [-0.2, 0) is 28.6 Å². The minimum atomic E-state index is -4.55. The van der Waals surface area contributed by atoms with Crippen molar-refractivity contribution in [3.63, 3.8) is 0 Å². The quantitative estimate of drug-likeness (QED) is 0.750. The van der Waals surface area contributed by atoms with Crippen molar-refractivity contribution < 1.29 is 31.5 Å². The smallest absolute Gasteiger partial charge is 0.368 e. The van der Waals surface area contributed by atoms with Gasteiger partial charge in [0, 0.05) is 12.5 Å². The van der Waals surface area contributed by atoms with Crippen LogP contribution in [-0.4, -0.2) is 17.9 Å². The van der Waals surface area contributed by atoms with E-state index < -0.39 is 47.7 Å². The van der Waals surface area contributed by atoms with Crippen LogP contribution < -0.4 is 11.1 Å². The Hall–Kier alpha value is -2.97. The number of amides is 2. The van der Waals surface area contributed by atoms with Crippen LogP contribution in [0.1, 0.15) is 16.7 Å². The number of halogens is 5. The minimum Gasteiger partial charge on any atom is -0.368 e. The van der Waals surface area contributed by atoms with Crippen molar-refractivity contribution in [2.24, 2.45) is 5.73 Å². The molecule has 0 spiro atoms. The van der Waals surface area contributed by atoms with Crippen LogP contribution >= 0.6 is 0 Å². The van der Waals surface area contributed by atoms with Crippen molar-refractivity contribution in [1.82, 2.24) is 5.32 Å². The van der Waals surface area contributed by atoms with Crippen LogP contribution in [0.4, 0.5) is 22.0 Å². The van der Waals surface area contributed by atoms with Gasteiger partial charge < -0.3 is 11.1 Å². The summed E-state index contributed by atoms with van der Waals surface area (Å²) in [6.45, 7) is 0. The Morgan fingerprint density at radius 1 is 1.00 bits per heavy atom. The zero-order valence-electron chi connectivity index (χ0n) is 13.8. The van der Waals surface area contributed by atoms with Gasteiger partial charge in [0.1, 0.15) is 17.7 Å². The lowest BCUT2D eigenvalue weighted by atomic mass is 10.0. The normalized spacial score (nSPS) is 12.5. The van der Waals surface area contributed by atoms with E-state index in [1.807, 2.05) is 0 Å². The van der Waals surface area contributed by atoms with Gasteiger partial charge in [-0.05, 0) is 29.3 Å². The van der Waals surface area contributed by atoms with E-state index in [2.05, 4.69) is 5.32 Å². The van der Waals surface area contributed by atoms with Gasteiger partial charge in [0.2, 0.25) is 11.8 Å². The molecule has 0 fully saturated rings. The first-order chi connectivity index (χ1) is 12.5. The number of nitrogens with one attached hydrogen (secondary N) is 1. The van der Waals surface area contributed by atoms with E-state index in [4.69, 9.17) is 5.73 Å². The second-order valence-electron chi connectivity index (χ2n) is 5.88. The summed E-state index contributed by atoms with van der Waals surface area (Å²) < 4.78 is 64.6. The Bertz CT molecular complexity index is 832. The van der Waals surface area contributed by atoms with E-state index in [9.17, 15) is 31.5 Å². The fourth-order valence-corrected chi connectivity index (χ4v) is 2.48. The van der Waals surface area contributed by atoms with Crippen molar-refractivity contribution in [3.8, 4) is 0 Å². The average Bonchev–Trinajstić information content (AvgIpc) is 2.52. The predicted octanol–water partition coefficient (Wildman–Crippen LogP) is 2.74. The molecule has 2 rings (SSSR count). The molecule has 0 unspecified atom stereocenters. The van der Waals surface area contributed by atoms with Crippen molar-refractivity contribution >= 4 is 11.8 Å². The first-order valence-electron chi connectivity index (χ1n) is 7.74. The molecule has 0 aliphatic heterocycles. The number of rotatable bonds is 6. The molecule has 0 bridgehead atoms. The van der Waals surface area contributed by atoms with Crippen molar-refractivity contribution in [2.75, 3.05) is 0 Å². The molecule has 2 aromatic carbocycles. The molecule has 1 atom stereocenters. The molecule has 9 heteroatoms. The third-order valence-corrected chi connectivity index (χ3v) is 3.66. The van der Waals surface area contributed by atoms with Crippen molar-refractivity contribution in [1.29, 1.82) is 0 Å². The Balaban J connectivity index is 2.09. The van der Waals surface area contributed by atoms with E-state index in [-0.39, 0.29) is 17.5 Å². The first-order valence-corrected chi connectivity index (χ1v) is 7.74. The van der Waals surface area contributed by atoms with Gasteiger partial charge in [-0.2, -0.15) is 13.2 Å². The fourth-order valence-electron chi connectivity index (χ4n) is 2.48. The summed E-state index contributed by atoms with van der Waals surface area (Å²) in [5, 5.41) is 2.27. The Morgan fingerprint density at radius 3 is 2.19 bits per heavy atom. The largest absolute Gasteiger partial charge is 0.416 e. The van der Waals surface area contributed by atoms with Gasteiger partial charge in [-0.15, -0.1) is 0 Å². The number of benzene rings is 2. The van der Waals surface area contributed by atoms with E-state index >= 15 is 0 Å². The van der Waals surface area contributed by atoms with E-state index in [1.165, 1.54) is 12.1 Å². The highest BCUT2D eigenvalue weighted by molar-refractivity contribution is 5.87. The molecule has 4 nitrogen and oxygen atoms in total. The topological polar surface area (TPSA) is 72.2 Å². The lowest BCUT2D eigenvalue weighted by molar-refractivity contribution is -0.137. The van der Waals surface area contributed by atoms with Gasteiger partial charge in [-0.25, -0.2) is 8.78 Å². The highest BCUT2D eigenvalue weighted by Gasteiger charge is 2.30. The summed E-state index contributed by atoms with van der Waals surface area (Å²) in [6, 6.07) is 5.53. The Morgan fingerprint density at radius 2 is 1.63 bits per heavy atom. The third-order valence-electron chi connectivity index (χ3n) is 3.66. The molecule has 0 saturated carbocycles. The van der Waals surface area contributed by atoms with Crippen LogP contribution in [0.2, 0.25) is 0 Å².